The summed E-state index contributed by atoms with van der Waals surface area (Å²) in [5, 5.41) is 3.02. The Bertz CT molecular complexity index is 176. The molecule has 0 aliphatic carbocycles. The third-order valence-corrected chi connectivity index (χ3v) is 2.71. The van der Waals surface area contributed by atoms with E-state index in [1.165, 1.54) is 0 Å². The summed E-state index contributed by atoms with van der Waals surface area (Å²) in [7, 11) is 0. The molecule has 0 aliphatic heterocycles. The molecule has 3 nitrogen and oxygen atoms in total. The lowest BCUT2D eigenvalue weighted by Crippen LogP contribution is -2.39. The molecule has 2 unspecified atom stereocenters. The molecule has 0 aromatic heterocycles. The summed E-state index contributed by atoms with van der Waals surface area (Å²) in [5.74, 6) is 0.781. The topological polar surface area (TPSA) is 55.1 Å². The van der Waals surface area contributed by atoms with E-state index in [0.29, 0.717) is 12.5 Å². The van der Waals surface area contributed by atoms with Gasteiger partial charge >= 0.3 is 0 Å². The quantitative estimate of drug-likeness (QED) is 0.680. The molecule has 3 heteroatoms. The summed E-state index contributed by atoms with van der Waals surface area (Å²) in [6.07, 6.45) is 3.02. The molecule has 0 heterocycles. The molecule has 15 heavy (non-hydrogen) atoms. The van der Waals surface area contributed by atoms with Crippen LogP contribution in [0.3, 0.4) is 0 Å². The molecular formula is C12H26N2O. The molecule has 0 saturated carbocycles. The van der Waals surface area contributed by atoms with Gasteiger partial charge in [0.2, 0.25) is 5.91 Å². The molecular weight excluding hydrogens is 188 g/mol. The first-order valence-corrected chi connectivity index (χ1v) is 6.01. The van der Waals surface area contributed by atoms with Gasteiger partial charge in [-0.15, -0.1) is 0 Å². The number of carbonyl (C=O) groups is 1. The largest absolute Gasteiger partial charge is 0.353 e. The van der Waals surface area contributed by atoms with Gasteiger partial charge in [0, 0.05) is 18.5 Å². The second kappa shape index (κ2) is 7.69. The number of hydrogen-bond donors (Lipinski definition) is 2. The Morgan fingerprint density at radius 1 is 1.27 bits per heavy atom. The van der Waals surface area contributed by atoms with E-state index in [0.717, 1.165) is 19.3 Å². The van der Waals surface area contributed by atoms with E-state index in [1.807, 2.05) is 6.92 Å². The average molecular weight is 214 g/mol. The third-order valence-electron chi connectivity index (χ3n) is 2.71. The lowest BCUT2D eigenvalue weighted by atomic mass is 10.0. The normalized spacial score (nSPS) is 15.1. The molecule has 0 aliphatic rings. The van der Waals surface area contributed by atoms with Crippen molar-refractivity contribution in [2.75, 3.05) is 6.54 Å². The number of nitrogens with two attached hydrogens (primary N) is 1. The Labute approximate surface area is 93.8 Å². The van der Waals surface area contributed by atoms with E-state index in [1.54, 1.807) is 0 Å². The van der Waals surface area contributed by atoms with E-state index in [-0.39, 0.29) is 17.9 Å². The smallest absolute Gasteiger partial charge is 0.224 e. The van der Waals surface area contributed by atoms with Crippen LogP contribution < -0.4 is 11.1 Å². The van der Waals surface area contributed by atoms with Crippen molar-refractivity contribution in [2.24, 2.45) is 17.6 Å². The summed E-state index contributed by atoms with van der Waals surface area (Å²) in [6.45, 7) is 8.89. The molecule has 1 amide bonds. The summed E-state index contributed by atoms with van der Waals surface area (Å²) in [6, 6.07) is 0.264. The van der Waals surface area contributed by atoms with Crippen LogP contribution in [0.15, 0.2) is 0 Å². The summed E-state index contributed by atoms with van der Waals surface area (Å²) in [5.41, 5.74) is 5.52. The Hall–Kier alpha value is -0.570. The SMILES string of the molecule is CCC(CN)C(=O)NC(C)CCC(C)C. The summed E-state index contributed by atoms with van der Waals surface area (Å²) in [4.78, 5) is 11.7. The van der Waals surface area contributed by atoms with Gasteiger partial charge in [0.05, 0.1) is 0 Å². The molecule has 0 aromatic rings. The average Bonchev–Trinajstić information content (AvgIpc) is 2.16. The number of carbonyl (C=O) groups excluding carboxylic acids is 1. The molecule has 0 bridgehead atoms. The highest BCUT2D eigenvalue weighted by molar-refractivity contribution is 5.79. The Morgan fingerprint density at radius 2 is 1.87 bits per heavy atom. The Balaban J connectivity index is 3.84. The summed E-state index contributed by atoms with van der Waals surface area (Å²) >= 11 is 0. The predicted octanol–water partition coefficient (Wildman–Crippen LogP) is 1.91. The molecule has 0 rings (SSSR count). The number of hydrogen-bond acceptors (Lipinski definition) is 2. The van der Waals surface area contributed by atoms with Crippen molar-refractivity contribution < 1.29 is 4.79 Å². The van der Waals surface area contributed by atoms with Crippen LogP contribution in [0.5, 0.6) is 0 Å². The Morgan fingerprint density at radius 3 is 2.27 bits per heavy atom. The van der Waals surface area contributed by atoms with Gasteiger partial charge in [0.15, 0.2) is 0 Å². The number of rotatable bonds is 7. The van der Waals surface area contributed by atoms with Crippen molar-refractivity contribution in [3.05, 3.63) is 0 Å². The van der Waals surface area contributed by atoms with Crippen LogP contribution in [-0.2, 0) is 4.79 Å². The zero-order valence-corrected chi connectivity index (χ0v) is 10.5. The highest BCUT2D eigenvalue weighted by atomic mass is 16.1. The Kier molecular flexibility index (Phi) is 7.39. The van der Waals surface area contributed by atoms with Gasteiger partial charge in [-0.25, -0.2) is 0 Å². The molecule has 0 saturated heterocycles. The minimum absolute atomic E-state index is 0.0218. The van der Waals surface area contributed by atoms with Crippen molar-refractivity contribution in [3.8, 4) is 0 Å². The minimum Gasteiger partial charge on any atom is -0.353 e. The highest BCUT2D eigenvalue weighted by Gasteiger charge is 2.16. The van der Waals surface area contributed by atoms with E-state index < -0.39 is 0 Å². The van der Waals surface area contributed by atoms with E-state index in [4.69, 9.17) is 5.73 Å². The van der Waals surface area contributed by atoms with Gasteiger partial charge in [0.1, 0.15) is 0 Å². The minimum atomic E-state index is -0.0218. The number of nitrogens with one attached hydrogen (secondary N) is 1. The van der Waals surface area contributed by atoms with Crippen LogP contribution in [0.4, 0.5) is 0 Å². The van der Waals surface area contributed by atoms with Gasteiger partial charge in [-0.1, -0.05) is 20.8 Å². The fourth-order valence-electron chi connectivity index (χ4n) is 1.48. The maximum atomic E-state index is 11.7. The van der Waals surface area contributed by atoms with Crippen LogP contribution in [0.1, 0.15) is 47.0 Å². The lowest BCUT2D eigenvalue weighted by Gasteiger charge is -2.18. The lowest BCUT2D eigenvalue weighted by molar-refractivity contribution is -0.125. The van der Waals surface area contributed by atoms with Crippen LogP contribution in [-0.4, -0.2) is 18.5 Å². The highest BCUT2D eigenvalue weighted by Crippen LogP contribution is 2.07. The fraction of sp³-hybridized carbons (Fsp3) is 0.917. The second-order valence-electron chi connectivity index (χ2n) is 4.72. The standard InChI is InChI=1S/C12H26N2O/c1-5-11(8-13)12(15)14-10(4)7-6-9(2)3/h9-11H,5-8,13H2,1-4H3,(H,14,15). The van der Waals surface area contributed by atoms with Crippen molar-refractivity contribution in [1.29, 1.82) is 0 Å². The van der Waals surface area contributed by atoms with Crippen LogP contribution in [0, 0.1) is 11.8 Å². The van der Waals surface area contributed by atoms with Crippen molar-refractivity contribution in [1.82, 2.24) is 5.32 Å². The van der Waals surface area contributed by atoms with Crippen LogP contribution >= 0.6 is 0 Å². The van der Waals surface area contributed by atoms with Crippen molar-refractivity contribution in [3.63, 3.8) is 0 Å². The van der Waals surface area contributed by atoms with Crippen molar-refractivity contribution in [2.45, 2.75) is 53.0 Å². The number of amides is 1. The van der Waals surface area contributed by atoms with Gasteiger partial charge in [-0.2, -0.15) is 0 Å². The maximum Gasteiger partial charge on any atom is 0.224 e. The van der Waals surface area contributed by atoms with Crippen LogP contribution in [0.2, 0.25) is 0 Å². The van der Waals surface area contributed by atoms with Gasteiger partial charge in [-0.3, -0.25) is 4.79 Å². The molecule has 3 N–H and O–H groups in total. The first-order chi connectivity index (χ1) is 7.01. The molecule has 90 valence electrons. The molecule has 0 radical (unpaired) electrons. The molecule has 2 atom stereocenters. The van der Waals surface area contributed by atoms with Gasteiger partial charge in [0.25, 0.3) is 0 Å². The van der Waals surface area contributed by atoms with E-state index in [9.17, 15) is 4.79 Å². The maximum absolute atomic E-state index is 11.7. The molecule has 0 fully saturated rings. The molecule has 0 aromatic carbocycles. The van der Waals surface area contributed by atoms with E-state index >= 15 is 0 Å². The first-order valence-electron chi connectivity index (χ1n) is 6.01. The van der Waals surface area contributed by atoms with Crippen LogP contribution in [0.25, 0.3) is 0 Å². The molecule has 0 spiro atoms. The zero-order chi connectivity index (χ0) is 11.8. The van der Waals surface area contributed by atoms with Crippen molar-refractivity contribution >= 4 is 5.91 Å². The van der Waals surface area contributed by atoms with E-state index in [2.05, 4.69) is 26.1 Å². The summed E-state index contributed by atoms with van der Waals surface area (Å²) < 4.78 is 0. The first kappa shape index (κ1) is 14.4. The third kappa shape index (κ3) is 6.50. The zero-order valence-electron chi connectivity index (χ0n) is 10.5. The second-order valence-corrected chi connectivity index (χ2v) is 4.72. The monoisotopic (exact) mass is 214 g/mol. The predicted molar refractivity (Wildman–Crippen MR) is 64.5 cm³/mol. The van der Waals surface area contributed by atoms with Gasteiger partial charge < -0.3 is 11.1 Å². The van der Waals surface area contributed by atoms with Gasteiger partial charge in [-0.05, 0) is 32.1 Å². The fourth-order valence-corrected chi connectivity index (χ4v) is 1.48.